The van der Waals surface area contributed by atoms with Gasteiger partial charge in [0.2, 0.25) is 0 Å². The van der Waals surface area contributed by atoms with Gasteiger partial charge in [0.25, 0.3) is 0 Å². The average Bonchev–Trinajstić information content (AvgIpc) is 2.25. The highest BCUT2D eigenvalue weighted by molar-refractivity contribution is 5.26. The molecule has 1 N–H and O–H groups in total. The predicted octanol–water partition coefficient (Wildman–Crippen LogP) is 2.54. The van der Waals surface area contributed by atoms with Crippen molar-refractivity contribution in [2.75, 3.05) is 13.2 Å². The van der Waals surface area contributed by atoms with E-state index in [1.54, 1.807) is 0 Å². The Morgan fingerprint density at radius 1 is 1.40 bits per heavy atom. The van der Waals surface area contributed by atoms with Gasteiger partial charge in [-0.15, -0.1) is 6.58 Å². The lowest BCUT2D eigenvalue weighted by molar-refractivity contribution is 0.277. The second-order valence-electron chi connectivity index (χ2n) is 3.72. The summed E-state index contributed by atoms with van der Waals surface area (Å²) in [6, 6.07) is 8.43. The lowest BCUT2D eigenvalue weighted by atomic mass is 10.2. The number of hydrogen-bond acceptors (Lipinski definition) is 2. The molecule has 82 valence electrons. The monoisotopic (exact) mass is 205 g/mol. The van der Waals surface area contributed by atoms with Crippen LogP contribution in [-0.2, 0) is 0 Å². The van der Waals surface area contributed by atoms with E-state index in [4.69, 9.17) is 4.74 Å². The van der Waals surface area contributed by atoms with Crippen molar-refractivity contribution in [3.63, 3.8) is 0 Å². The fourth-order valence-electron chi connectivity index (χ4n) is 1.20. The number of aryl methyl sites for hydroxylation is 1. The van der Waals surface area contributed by atoms with E-state index in [0.717, 1.165) is 12.3 Å². The van der Waals surface area contributed by atoms with Gasteiger partial charge >= 0.3 is 0 Å². The van der Waals surface area contributed by atoms with Gasteiger partial charge in [0.1, 0.15) is 12.4 Å². The van der Waals surface area contributed by atoms with Crippen LogP contribution in [0.4, 0.5) is 0 Å². The van der Waals surface area contributed by atoms with Gasteiger partial charge in [-0.25, -0.2) is 0 Å². The van der Waals surface area contributed by atoms with Gasteiger partial charge in [-0.05, 0) is 26.0 Å². The molecule has 0 amide bonds. The van der Waals surface area contributed by atoms with E-state index in [1.807, 2.05) is 18.2 Å². The van der Waals surface area contributed by atoms with Crippen LogP contribution in [0.5, 0.6) is 5.75 Å². The Morgan fingerprint density at radius 3 is 2.67 bits per heavy atom. The van der Waals surface area contributed by atoms with Crippen LogP contribution in [0.25, 0.3) is 0 Å². The molecule has 0 bridgehead atoms. The zero-order chi connectivity index (χ0) is 11.1. The summed E-state index contributed by atoms with van der Waals surface area (Å²) in [4.78, 5) is 0. The second kappa shape index (κ2) is 6.25. The second-order valence-corrected chi connectivity index (χ2v) is 3.72. The highest BCUT2D eigenvalue weighted by Crippen LogP contribution is 2.11. The van der Waals surface area contributed by atoms with Crippen LogP contribution < -0.4 is 10.1 Å². The molecular weight excluding hydrogens is 186 g/mol. The molecular formula is C13H19NO. The number of rotatable bonds is 6. The zero-order valence-corrected chi connectivity index (χ0v) is 9.49. The van der Waals surface area contributed by atoms with Gasteiger partial charge in [0, 0.05) is 12.6 Å². The third kappa shape index (κ3) is 4.66. The molecule has 1 rings (SSSR count). The molecule has 0 aromatic heterocycles. The summed E-state index contributed by atoms with van der Waals surface area (Å²) in [6.07, 6.45) is 1.85. The summed E-state index contributed by atoms with van der Waals surface area (Å²) in [7, 11) is 0. The maximum absolute atomic E-state index is 5.62. The summed E-state index contributed by atoms with van der Waals surface area (Å²) < 4.78 is 5.62. The van der Waals surface area contributed by atoms with Crippen LogP contribution in [0, 0.1) is 6.92 Å². The van der Waals surface area contributed by atoms with Crippen molar-refractivity contribution >= 4 is 0 Å². The minimum atomic E-state index is 0.337. The molecule has 0 heterocycles. The topological polar surface area (TPSA) is 21.3 Å². The summed E-state index contributed by atoms with van der Waals surface area (Å²) in [5.41, 5.74) is 1.25. The molecule has 0 aliphatic carbocycles. The Labute approximate surface area is 92.0 Å². The fraction of sp³-hybridized carbons (Fsp3) is 0.385. The fourth-order valence-corrected chi connectivity index (χ4v) is 1.20. The molecule has 1 aromatic carbocycles. The highest BCUT2D eigenvalue weighted by Gasteiger charge is 2.00. The minimum absolute atomic E-state index is 0.337. The molecule has 0 spiro atoms. The summed E-state index contributed by atoms with van der Waals surface area (Å²) in [5.74, 6) is 0.924. The molecule has 2 heteroatoms. The molecule has 15 heavy (non-hydrogen) atoms. The Kier molecular flexibility index (Phi) is 4.91. The van der Waals surface area contributed by atoms with Gasteiger partial charge < -0.3 is 10.1 Å². The summed E-state index contributed by atoms with van der Waals surface area (Å²) in [5, 5.41) is 3.27. The molecule has 0 aliphatic heterocycles. The van der Waals surface area contributed by atoms with Crippen molar-refractivity contribution in [1.82, 2.24) is 5.32 Å². The van der Waals surface area contributed by atoms with Crippen LogP contribution in [0.15, 0.2) is 36.9 Å². The lowest BCUT2D eigenvalue weighted by Crippen LogP contribution is -2.31. The first-order valence-electron chi connectivity index (χ1n) is 5.26. The molecule has 0 radical (unpaired) electrons. The van der Waals surface area contributed by atoms with Crippen molar-refractivity contribution in [2.45, 2.75) is 19.9 Å². The van der Waals surface area contributed by atoms with Crippen molar-refractivity contribution in [1.29, 1.82) is 0 Å². The maximum atomic E-state index is 5.62. The number of hydrogen-bond donors (Lipinski definition) is 1. The van der Waals surface area contributed by atoms with E-state index in [-0.39, 0.29) is 0 Å². The number of ether oxygens (including phenoxy) is 1. The first-order chi connectivity index (χ1) is 7.22. The minimum Gasteiger partial charge on any atom is -0.492 e. The van der Waals surface area contributed by atoms with Gasteiger partial charge in [-0.2, -0.15) is 0 Å². The maximum Gasteiger partial charge on any atom is 0.119 e. The lowest BCUT2D eigenvalue weighted by Gasteiger charge is -2.13. The van der Waals surface area contributed by atoms with E-state index >= 15 is 0 Å². The van der Waals surface area contributed by atoms with E-state index < -0.39 is 0 Å². The first-order valence-corrected chi connectivity index (χ1v) is 5.26. The van der Waals surface area contributed by atoms with Crippen LogP contribution in [-0.4, -0.2) is 19.2 Å². The average molecular weight is 205 g/mol. The number of nitrogens with one attached hydrogen (secondary N) is 1. The van der Waals surface area contributed by atoms with Crippen LogP contribution in [0.3, 0.4) is 0 Å². The molecule has 1 aromatic rings. The number of benzene rings is 1. The van der Waals surface area contributed by atoms with Crippen LogP contribution >= 0.6 is 0 Å². The largest absolute Gasteiger partial charge is 0.492 e. The van der Waals surface area contributed by atoms with E-state index in [1.165, 1.54) is 5.56 Å². The van der Waals surface area contributed by atoms with Crippen LogP contribution in [0.2, 0.25) is 0 Å². The summed E-state index contributed by atoms with van der Waals surface area (Å²) in [6.45, 7) is 9.32. The van der Waals surface area contributed by atoms with Gasteiger partial charge in [-0.3, -0.25) is 0 Å². The van der Waals surface area contributed by atoms with E-state index in [0.29, 0.717) is 12.6 Å². The highest BCUT2D eigenvalue weighted by atomic mass is 16.5. The summed E-state index contributed by atoms with van der Waals surface area (Å²) >= 11 is 0. The molecule has 0 saturated carbocycles. The zero-order valence-electron chi connectivity index (χ0n) is 9.49. The Balaban J connectivity index is 2.30. The third-order valence-electron chi connectivity index (χ3n) is 2.13. The molecule has 0 fully saturated rings. The van der Waals surface area contributed by atoms with Gasteiger partial charge in [-0.1, -0.05) is 23.8 Å². The van der Waals surface area contributed by atoms with Gasteiger partial charge in [0.05, 0.1) is 0 Å². The molecule has 0 saturated heterocycles. The standard InChI is InChI=1S/C13H19NO/c1-4-9-14-12(3)10-15-13-7-5-11(2)6-8-13/h4-8,12,14H,1,9-10H2,2-3H3. The quantitative estimate of drug-likeness (QED) is 0.721. The Bertz CT molecular complexity index is 292. The predicted molar refractivity (Wildman–Crippen MR) is 64.3 cm³/mol. The van der Waals surface area contributed by atoms with Crippen molar-refractivity contribution < 1.29 is 4.74 Å². The molecule has 1 unspecified atom stereocenters. The smallest absolute Gasteiger partial charge is 0.119 e. The normalized spacial score (nSPS) is 12.1. The third-order valence-corrected chi connectivity index (χ3v) is 2.13. The molecule has 0 aliphatic rings. The first kappa shape index (κ1) is 11.8. The van der Waals surface area contributed by atoms with Crippen LogP contribution in [0.1, 0.15) is 12.5 Å². The van der Waals surface area contributed by atoms with E-state index in [9.17, 15) is 0 Å². The van der Waals surface area contributed by atoms with Crippen molar-refractivity contribution in [3.8, 4) is 5.75 Å². The Hall–Kier alpha value is -1.28. The molecule has 1 atom stereocenters. The Morgan fingerprint density at radius 2 is 2.07 bits per heavy atom. The van der Waals surface area contributed by atoms with Crippen molar-refractivity contribution in [3.05, 3.63) is 42.5 Å². The SMILES string of the molecule is C=CCNC(C)COc1ccc(C)cc1. The van der Waals surface area contributed by atoms with E-state index in [2.05, 4.69) is 37.9 Å². The molecule has 2 nitrogen and oxygen atoms in total. The van der Waals surface area contributed by atoms with Crippen molar-refractivity contribution in [2.24, 2.45) is 0 Å². The van der Waals surface area contributed by atoms with Gasteiger partial charge in [0.15, 0.2) is 0 Å².